The van der Waals surface area contributed by atoms with Gasteiger partial charge in [0.05, 0.1) is 17.5 Å². The van der Waals surface area contributed by atoms with Crippen molar-refractivity contribution in [3.05, 3.63) is 46.8 Å². The van der Waals surface area contributed by atoms with Gasteiger partial charge in [0, 0.05) is 57.1 Å². The number of carbonyl (C=O) groups excluding carboxylic acids is 3. The zero-order chi connectivity index (χ0) is 31.6. The van der Waals surface area contributed by atoms with Crippen LogP contribution in [0.25, 0.3) is 5.69 Å². The van der Waals surface area contributed by atoms with Crippen LogP contribution in [-0.2, 0) is 16.1 Å². The lowest BCUT2D eigenvalue weighted by Crippen LogP contribution is -2.75. The molecule has 1 spiro atoms. The van der Waals surface area contributed by atoms with E-state index in [1.165, 1.54) is 6.42 Å². The standard InChI is InChI=1S/C34H50N6O4/c1-6-7-19-39-32(43)29(30(41)25-11-9-8-10-12-25)35-33(44)34(39)17-20-38(21-18-34)22-28-23(2)36-40(24(28)3)27-15-13-26(14-16-27)31(42)37(4)5/h13-16,25,29-30,41H,6-12,17-22H2,1-5H3,(H,35,44). The molecule has 2 saturated heterocycles. The van der Waals surface area contributed by atoms with Crippen LogP contribution in [0.2, 0.25) is 0 Å². The molecule has 2 atom stereocenters. The van der Waals surface area contributed by atoms with E-state index in [1.807, 2.05) is 40.8 Å². The van der Waals surface area contributed by atoms with E-state index in [1.54, 1.807) is 19.0 Å². The van der Waals surface area contributed by atoms with E-state index >= 15 is 0 Å². The number of nitrogens with zero attached hydrogens (tertiary/aromatic N) is 5. The largest absolute Gasteiger partial charge is 0.390 e. The van der Waals surface area contributed by atoms with Gasteiger partial charge in [-0.3, -0.25) is 19.3 Å². The van der Waals surface area contributed by atoms with E-state index in [9.17, 15) is 19.5 Å². The number of piperidine rings is 1. The number of piperazine rings is 1. The summed E-state index contributed by atoms with van der Waals surface area (Å²) in [7, 11) is 3.49. The number of rotatable bonds is 9. The van der Waals surface area contributed by atoms with Crippen molar-refractivity contribution in [2.24, 2.45) is 5.92 Å². The minimum Gasteiger partial charge on any atom is -0.390 e. The molecular weight excluding hydrogens is 556 g/mol. The fourth-order valence-corrected chi connectivity index (χ4v) is 7.42. The molecule has 1 aromatic heterocycles. The Morgan fingerprint density at radius 3 is 2.36 bits per heavy atom. The van der Waals surface area contributed by atoms with E-state index < -0.39 is 17.7 Å². The topological polar surface area (TPSA) is 111 Å². The smallest absolute Gasteiger partial charge is 0.253 e. The average molecular weight is 607 g/mol. The van der Waals surface area contributed by atoms with Gasteiger partial charge in [0.25, 0.3) is 5.91 Å². The number of hydrogen-bond donors (Lipinski definition) is 2. The molecule has 5 rings (SSSR count). The number of unbranched alkanes of at least 4 members (excludes halogenated alkanes) is 1. The number of nitrogens with one attached hydrogen (secondary N) is 1. The molecule has 0 radical (unpaired) electrons. The predicted molar refractivity (Wildman–Crippen MR) is 169 cm³/mol. The summed E-state index contributed by atoms with van der Waals surface area (Å²) in [6.07, 6.45) is 7.18. The zero-order valence-electron chi connectivity index (χ0n) is 27.1. The second-order valence-electron chi connectivity index (χ2n) is 13.3. The Balaban J connectivity index is 1.28. The molecule has 3 amide bonds. The van der Waals surface area contributed by atoms with E-state index in [4.69, 9.17) is 5.10 Å². The summed E-state index contributed by atoms with van der Waals surface area (Å²) in [5, 5.41) is 19.1. The van der Waals surface area contributed by atoms with Gasteiger partial charge in [0.2, 0.25) is 11.8 Å². The molecule has 2 aliphatic heterocycles. The first-order valence-electron chi connectivity index (χ1n) is 16.5. The molecule has 10 heteroatoms. The summed E-state index contributed by atoms with van der Waals surface area (Å²) < 4.78 is 1.93. The van der Waals surface area contributed by atoms with Crippen LogP contribution in [0.5, 0.6) is 0 Å². The fourth-order valence-electron chi connectivity index (χ4n) is 7.42. The highest BCUT2D eigenvalue weighted by molar-refractivity contribution is 6.00. The maximum atomic E-state index is 13.9. The number of aromatic nitrogens is 2. The number of aliphatic hydroxyl groups is 1. The number of likely N-dealkylation sites (tertiary alicyclic amines) is 1. The van der Waals surface area contributed by atoms with Crippen molar-refractivity contribution in [3.63, 3.8) is 0 Å². The minimum atomic E-state index is -0.869. The third-order valence-corrected chi connectivity index (χ3v) is 10.2. The fraction of sp³-hybridized carbons (Fsp3) is 0.647. The van der Waals surface area contributed by atoms with Gasteiger partial charge in [0.1, 0.15) is 11.6 Å². The Labute approximate surface area is 261 Å². The van der Waals surface area contributed by atoms with Crippen molar-refractivity contribution in [2.75, 3.05) is 33.7 Å². The highest BCUT2D eigenvalue weighted by Crippen LogP contribution is 2.37. The summed E-state index contributed by atoms with van der Waals surface area (Å²) in [6.45, 7) is 8.80. The van der Waals surface area contributed by atoms with Crippen LogP contribution >= 0.6 is 0 Å². The lowest BCUT2D eigenvalue weighted by Gasteiger charge is -2.52. The minimum absolute atomic E-state index is 0.0361. The Morgan fingerprint density at radius 1 is 1.09 bits per heavy atom. The number of amides is 3. The maximum absolute atomic E-state index is 13.9. The van der Waals surface area contributed by atoms with Crippen LogP contribution < -0.4 is 5.32 Å². The lowest BCUT2D eigenvalue weighted by atomic mass is 9.78. The van der Waals surface area contributed by atoms with Crippen molar-refractivity contribution >= 4 is 17.7 Å². The lowest BCUT2D eigenvalue weighted by molar-refractivity contribution is -0.166. The van der Waals surface area contributed by atoms with Crippen molar-refractivity contribution < 1.29 is 19.5 Å². The van der Waals surface area contributed by atoms with Gasteiger partial charge < -0.3 is 20.2 Å². The average Bonchev–Trinajstić information content (AvgIpc) is 3.31. The quantitative estimate of drug-likeness (QED) is 0.452. The van der Waals surface area contributed by atoms with Crippen molar-refractivity contribution in [3.8, 4) is 5.69 Å². The van der Waals surface area contributed by atoms with E-state index in [2.05, 4.69) is 24.1 Å². The van der Waals surface area contributed by atoms with Crippen LogP contribution in [0.3, 0.4) is 0 Å². The van der Waals surface area contributed by atoms with Gasteiger partial charge in [-0.15, -0.1) is 0 Å². The second kappa shape index (κ2) is 13.4. The van der Waals surface area contributed by atoms with Gasteiger partial charge in [-0.05, 0) is 76.1 Å². The molecule has 2 unspecified atom stereocenters. The monoisotopic (exact) mass is 606 g/mol. The number of aryl methyl sites for hydroxylation is 1. The molecule has 2 N–H and O–H groups in total. The molecule has 2 aromatic rings. The number of aliphatic hydroxyl groups excluding tert-OH is 1. The Kier molecular flexibility index (Phi) is 9.80. The zero-order valence-corrected chi connectivity index (χ0v) is 27.1. The summed E-state index contributed by atoms with van der Waals surface area (Å²) in [5.74, 6) is -0.196. The molecule has 1 aliphatic carbocycles. The molecule has 240 valence electrons. The van der Waals surface area contributed by atoms with Crippen molar-refractivity contribution in [1.82, 2.24) is 29.8 Å². The number of hydrogen-bond acceptors (Lipinski definition) is 6. The van der Waals surface area contributed by atoms with Crippen LogP contribution in [0.4, 0.5) is 0 Å². The molecule has 0 bridgehead atoms. The summed E-state index contributed by atoms with van der Waals surface area (Å²) >= 11 is 0. The van der Waals surface area contributed by atoms with E-state index in [-0.39, 0.29) is 23.6 Å². The third-order valence-electron chi connectivity index (χ3n) is 10.2. The van der Waals surface area contributed by atoms with Crippen LogP contribution in [0.15, 0.2) is 24.3 Å². The van der Waals surface area contributed by atoms with Gasteiger partial charge in [-0.1, -0.05) is 32.6 Å². The highest BCUT2D eigenvalue weighted by atomic mass is 16.3. The van der Waals surface area contributed by atoms with Crippen LogP contribution in [-0.4, -0.2) is 98.7 Å². The maximum Gasteiger partial charge on any atom is 0.253 e. The summed E-state index contributed by atoms with van der Waals surface area (Å²) in [6, 6.07) is 6.66. The highest BCUT2D eigenvalue weighted by Gasteiger charge is 2.55. The van der Waals surface area contributed by atoms with Crippen LogP contribution in [0, 0.1) is 19.8 Å². The molecule has 3 fully saturated rings. The van der Waals surface area contributed by atoms with Crippen molar-refractivity contribution in [1.29, 1.82) is 0 Å². The first-order valence-corrected chi connectivity index (χ1v) is 16.5. The molecule has 1 saturated carbocycles. The molecule has 44 heavy (non-hydrogen) atoms. The molecular formula is C34H50N6O4. The molecule has 3 aliphatic rings. The van der Waals surface area contributed by atoms with Crippen molar-refractivity contribution in [2.45, 2.75) is 103 Å². The SMILES string of the molecule is CCCCN1C(=O)C(C(O)C2CCCCC2)NC(=O)C12CCN(Cc1c(C)nn(-c3ccc(C(=O)N(C)C)cc3)c1C)CC2. The van der Waals surface area contributed by atoms with E-state index in [0.717, 1.165) is 61.2 Å². The summed E-state index contributed by atoms with van der Waals surface area (Å²) in [5.41, 5.74) is 3.81. The van der Waals surface area contributed by atoms with Crippen LogP contribution in [0.1, 0.15) is 92.0 Å². The first kappa shape index (κ1) is 32.2. The Bertz CT molecular complexity index is 1340. The Hall–Kier alpha value is -3.24. The predicted octanol–water partition coefficient (Wildman–Crippen LogP) is 3.59. The molecule has 3 heterocycles. The number of carbonyl (C=O) groups is 3. The number of benzene rings is 1. The first-order chi connectivity index (χ1) is 21.1. The van der Waals surface area contributed by atoms with Gasteiger partial charge >= 0.3 is 0 Å². The summed E-state index contributed by atoms with van der Waals surface area (Å²) in [4.78, 5) is 45.8. The Morgan fingerprint density at radius 2 is 1.75 bits per heavy atom. The molecule has 10 nitrogen and oxygen atoms in total. The molecule has 1 aromatic carbocycles. The second-order valence-corrected chi connectivity index (χ2v) is 13.3. The third kappa shape index (κ3) is 6.15. The van der Waals surface area contributed by atoms with Gasteiger partial charge in [-0.2, -0.15) is 5.10 Å². The van der Waals surface area contributed by atoms with Gasteiger partial charge in [-0.25, -0.2) is 4.68 Å². The normalized spacial score (nSPS) is 21.9. The van der Waals surface area contributed by atoms with Gasteiger partial charge in [0.15, 0.2) is 0 Å². The van der Waals surface area contributed by atoms with E-state index in [0.29, 0.717) is 44.6 Å².